The summed E-state index contributed by atoms with van der Waals surface area (Å²) in [5, 5.41) is 17.5. The molecule has 6 heteroatoms. The molecule has 0 bridgehead atoms. The van der Waals surface area contributed by atoms with Crippen LogP contribution in [0.3, 0.4) is 0 Å². The molecule has 1 atom stereocenters. The summed E-state index contributed by atoms with van der Waals surface area (Å²) in [7, 11) is 0. The van der Waals surface area contributed by atoms with E-state index in [4.69, 9.17) is 19.7 Å². The number of hydrogen-bond donors (Lipinski definition) is 2. The van der Waals surface area contributed by atoms with Crippen molar-refractivity contribution in [1.29, 1.82) is 0 Å². The Balaban J connectivity index is 3.88. The van der Waals surface area contributed by atoms with Crippen molar-refractivity contribution in [1.82, 2.24) is 0 Å². The standard InChI is InChI=1S/C21H40O6/c1-19(24)27-18-20(13-9-5-4-7-11-15-23)17-21(25)26-16-12-8-3-2-6-10-14-22/h20,22-23H,2-18H2,1H3. The molecular weight excluding hydrogens is 348 g/mol. The molecule has 0 radical (unpaired) electrons. The van der Waals surface area contributed by atoms with E-state index in [0.717, 1.165) is 77.0 Å². The van der Waals surface area contributed by atoms with Gasteiger partial charge in [-0.15, -0.1) is 0 Å². The van der Waals surface area contributed by atoms with Crippen molar-refractivity contribution in [3.05, 3.63) is 0 Å². The molecule has 0 heterocycles. The molecule has 1 unspecified atom stereocenters. The molecule has 0 aliphatic heterocycles. The zero-order valence-corrected chi connectivity index (χ0v) is 17.1. The second-order valence-corrected chi connectivity index (χ2v) is 7.22. The van der Waals surface area contributed by atoms with E-state index < -0.39 is 0 Å². The van der Waals surface area contributed by atoms with E-state index >= 15 is 0 Å². The lowest BCUT2D eigenvalue weighted by molar-refractivity contribution is -0.149. The Labute approximate surface area is 164 Å². The summed E-state index contributed by atoms with van der Waals surface area (Å²) in [6.45, 7) is 2.59. The third-order valence-corrected chi connectivity index (χ3v) is 4.56. The van der Waals surface area contributed by atoms with Crippen LogP contribution in [0.5, 0.6) is 0 Å². The first kappa shape index (κ1) is 25.9. The first-order valence-electron chi connectivity index (χ1n) is 10.6. The quantitative estimate of drug-likeness (QED) is 0.258. The Hall–Kier alpha value is -1.14. The van der Waals surface area contributed by atoms with Crippen LogP contribution in [0.25, 0.3) is 0 Å². The van der Waals surface area contributed by atoms with E-state index in [1.807, 2.05) is 0 Å². The van der Waals surface area contributed by atoms with Crippen LogP contribution in [0.2, 0.25) is 0 Å². The second kappa shape index (κ2) is 19.6. The molecule has 0 fully saturated rings. The van der Waals surface area contributed by atoms with Gasteiger partial charge in [-0.2, -0.15) is 0 Å². The van der Waals surface area contributed by atoms with Crippen LogP contribution in [0.15, 0.2) is 0 Å². The lowest BCUT2D eigenvalue weighted by atomic mass is 9.98. The summed E-state index contributed by atoms with van der Waals surface area (Å²) < 4.78 is 10.4. The fraction of sp³-hybridized carbons (Fsp3) is 0.905. The van der Waals surface area contributed by atoms with Crippen molar-refractivity contribution in [2.24, 2.45) is 5.92 Å². The van der Waals surface area contributed by atoms with E-state index in [1.54, 1.807) is 0 Å². The van der Waals surface area contributed by atoms with Gasteiger partial charge in [-0.1, -0.05) is 51.4 Å². The van der Waals surface area contributed by atoms with E-state index in [-0.39, 0.29) is 37.7 Å². The normalized spacial score (nSPS) is 12.0. The fourth-order valence-corrected chi connectivity index (χ4v) is 2.96. The molecule has 0 amide bonds. The predicted octanol–water partition coefficient (Wildman–Crippen LogP) is 3.76. The van der Waals surface area contributed by atoms with Crippen molar-refractivity contribution >= 4 is 11.9 Å². The molecule has 6 nitrogen and oxygen atoms in total. The summed E-state index contributed by atoms with van der Waals surface area (Å²) in [6.07, 6.45) is 12.1. The zero-order chi connectivity index (χ0) is 20.2. The van der Waals surface area contributed by atoms with Gasteiger partial charge in [0.25, 0.3) is 0 Å². The molecule has 0 spiro atoms. The first-order chi connectivity index (χ1) is 13.1. The summed E-state index contributed by atoms with van der Waals surface area (Å²) in [5.41, 5.74) is 0. The van der Waals surface area contributed by atoms with E-state index in [0.29, 0.717) is 13.0 Å². The average molecular weight is 389 g/mol. The molecule has 0 aliphatic rings. The average Bonchev–Trinajstić information content (AvgIpc) is 2.64. The largest absolute Gasteiger partial charge is 0.466 e. The van der Waals surface area contributed by atoms with Gasteiger partial charge in [-0.25, -0.2) is 0 Å². The number of aliphatic hydroxyl groups is 2. The van der Waals surface area contributed by atoms with E-state index in [9.17, 15) is 9.59 Å². The van der Waals surface area contributed by atoms with Crippen molar-refractivity contribution in [3.63, 3.8) is 0 Å². The van der Waals surface area contributed by atoms with E-state index in [1.165, 1.54) is 6.92 Å². The minimum atomic E-state index is -0.322. The molecule has 0 aromatic carbocycles. The molecule has 0 aromatic rings. The summed E-state index contributed by atoms with van der Waals surface area (Å²) >= 11 is 0. The van der Waals surface area contributed by atoms with Crippen LogP contribution in [-0.2, 0) is 19.1 Å². The molecule has 0 rings (SSSR count). The van der Waals surface area contributed by atoms with Crippen molar-refractivity contribution in [3.8, 4) is 0 Å². The van der Waals surface area contributed by atoms with Crippen LogP contribution >= 0.6 is 0 Å². The number of carbonyl (C=O) groups is 2. The summed E-state index contributed by atoms with van der Waals surface area (Å²) in [5.74, 6) is -0.525. The maximum atomic E-state index is 12.0. The molecular formula is C21H40O6. The third kappa shape index (κ3) is 19.4. The molecule has 0 aliphatic carbocycles. The van der Waals surface area contributed by atoms with Gasteiger partial charge in [0.05, 0.1) is 19.6 Å². The number of hydrogen-bond acceptors (Lipinski definition) is 6. The lowest BCUT2D eigenvalue weighted by Gasteiger charge is -2.16. The van der Waals surface area contributed by atoms with Crippen molar-refractivity contribution in [2.45, 2.75) is 90.4 Å². The SMILES string of the molecule is CC(=O)OCC(CCCCCCCO)CC(=O)OCCCCCCCCO. The monoisotopic (exact) mass is 388 g/mol. The third-order valence-electron chi connectivity index (χ3n) is 4.56. The van der Waals surface area contributed by atoms with Crippen molar-refractivity contribution in [2.75, 3.05) is 26.4 Å². The highest BCUT2D eigenvalue weighted by atomic mass is 16.5. The van der Waals surface area contributed by atoms with Crippen LogP contribution < -0.4 is 0 Å². The number of rotatable bonds is 19. The van der Waals surface area contributed by atoms with Gasteiger partial charge in [-0.05, 0) is 25.7 Å². The van der Waals surface area contributed by atoms with Gasteiger partial charge in [0.15, 0.2) is 0 Å². The highest BCUT2D eigenvalue weighted by molar-refractivity contribution is 5.70. The minimum Gasteiger partial charge on any atom is -0.466 e. The Morgan fingerprint density at radius 2 is 1.26 bits per heavy atom. The maximum absolute atomic E-state index is 12.0. The Morgan fingerprint density at radius 1 is 0.741 bits per heavy atom. The summed E-state index contributed by atoms with van der Waals surface area (Å²) in [6, 6.07) is 0. The van der Waals surface area contributed by atoms with Gasteiger partial charge in [0.1, 0.15) is 0 Å². The Morgan fingerprint density at radius 3 is 1.81 bits per heavy atom. The predicted molar refractivity (Wildman–Crippen MR) is 105 cm³/mol. The number of esters is 2. The number of unbranched alkanes of at least 4 members (excludes halogenated alkanes) is 9. The molecule has 0 saturated carbocycles. The minimum absolute atomic E-state index is 0.0118. The second-order valence-electron chi connectivity index (χ2n) is 7.22. The first-order valence-corrected chi connectivity index (χ1v) is 10.6. The molecule has 27 heavy (non-hydrogen) atoms. The Bertz CT molecular complexity index is 359. The molecule has 0 aromatic heterocycles. The van der Waals surface area contributed by atoms with Crippen LogP contribution in [-0.4, -0.2) is 48.6 Å². The van der Waals surface area contributed by atoms with Crippen LogP contribution in [0.1, 0.15) is 90.4 Å². The van der Waals surface area contributed by atoms with Crippen LogP contribution in [0.4, 0.5) is 0 Å². The number of ether oxygens (including phenoxy) is 2. The van der Waals surface area contributed by atoms with Gasteiger partial charge in [0, 0.05) is 26.1 Å². The molecule has 0 saturated heterocycles. The number of aliphatic hydroxyl groups excluding tert-OH is 2. The van der Waals surface area contributed by atoms with Gasteiger partial charge in [0.2, 0.25) is 0 Å². The number of carbonyl (C=O) groups excluding carboxylic acids is 2. The van der Waals surface area contributed by atoms with E-state index in [2.05, 4.69) is 0 Å². The topological polar surface area (TPSA) is 93.1 Å². The molecule has 160 valence electrons. The highest BCUT2D eigenvalue weighted by Gasteiger charge is 2.16. The highest BCUT2D eigenvalue weighted by Crippen LogP contribution is 2.17. The van der Waals surface area contributed by atoms with Gasteiger partial charge in [-0.3, -0.25) is 9.59 Å². The lowest BCUT2D eigenvalue weighted by Crippen LogP contribution is -2.18. The van der Waals surface area contributed by atoms with Crippen LogP contribution in [0, 0.1) is 5.92 Å². The fourth-order valence-electron chi connectivity index (χ4n) is 2.96. The maximum Gasteiger partial charge on any atom is 0.306 e. The summed E-state index contributed by atoms with van der Waals surface area (Å²) in [4.78, 5) is 23.1. The zero-order valence-electron chi connectivity index (χ0n) is 17.1. The molecule has 2 N–H and O–H groups in total. The smallest absolute Gasteiger partial charge is 0.306 e. The van der Waals surface area contributed by atoms with Crippen molar-refractivity contribution < 1.29 is 29.3 Å². The van der Waals surface area contributed by atoms with Gasteiger partial charge >= 0.3 is 11.9 Å². The van der Waals surface area contributed by atoms with Gasteiger partial charge < -0.3 is 19.7 Å². The Kier molecular flexibility index (Phi) is 18.8.